The van der Waals surface area contributed by atoms with E-state index in [2.05, 4.69) is 10.3 Å². The molecule has 1 N–H and O–H groups in total. The fraction of sp³-hybridized carbons (Fsp3) is 0.100. The summed E-state index contributed by atoms with van der Waals surface area (Å²) in [4.78, 5) is 18.0. The lowest BCUT2D eigenvalue weighted by Crippen LogP contribution is -2.27. The van der Waals surface area contributed by atoms with Crippen LogP contribution in [0, 0.1) is 5.82 Å². The van der Waals surface area contributed by atoms with Crippen molar-refractivity contribution in [3.63, 3.8) is 0 Å². The van der Waals surface area contributed by atoms with Gasteiger partial charge in [-0.2, -0.15) is 0 Å². The first kappa shape index (κ1) is 17.2. The highest BCUT2D eigenvalue weighted by Crippen LogP contribution is 2.28. The van der Waals surface area contributed by atoms with E-state index in [1.165, 1.54) is 23.9 Å². The van der Waals surface area contributed by atoms with E-state index in [-0.39, 0.29) is 17.8 Å². The molecule has 1 unspecified atom stereocenters. The molecule has 0 aliphatic heterocycles. The van der Waals surface area contributed by atoms with Crippen molar-refractivity contribution in [2.24, 2.45) is 0 Å². The molecule has 0 aliphatic rings. The highest BCUT2D eigenvalue weighted by molar-refractivity contribution is 7.99. The van der Waals surface area contributed by atoms with Crippen LogP contribution in [0.2, 0.25) is 0 Å². The van der Waals surface area contributed by atoms with Gasteiger partial charge in [-0.05, 0) is 48.9 Å². The fourth-order valence-corrected chi connectivity index (χ4v) is 3.28. The van der Waals surface area contributed by atoms with E-state index in [0.29, 0.717) is 10.6 Å². The van der Waals surface area contributed by atoms with Crippen molar-refractivity contribution >= 4 is 17.7 Å². The van der Waals surface area contributed by atoms with Crippen LogP contribution in [0.5, 0.6) is 0 Å². The zero-order valence-corrected chi connectivity index (χ0v) is 14.5. The van der Waals surface area contributed by atoms with Crippen molar-refractivity contribution in [1.82, 2.24) is 10.3 Å². The lowest BCUT2D eigenvalue weighted by molar-refractivity contribution is 0.0936. The number of hydrogen-bond acceptors (Lipinski definition) is 3. The third-order valence-corrected chi connectivity index (χ3v) is 4.70. The molecule has 126 valence electrons. The van der Waals surface area contributed by atoms with E-state index in [1.807, 2.05) is 37.3 Å². The van der Waals surface area contributed by atoms with Gasteiger partial charge in [-0.15, -0.1) is 0 Å². The molecule has 2 aromatic carbocycles. The van der Waals surface area contributed by atoms with E-state index in [9.17, 15) is 9.18 Å². The highest BCUT2D eigenvalue weighted by atomic mass is 32.2. The summed E-state index contributed by atoms with van der Waals surface area (Å²) in [5.74, 6) is -0.552. The molecule has 1 atom stereocenters. The summed E-state index contributed by atoms with van der Waals surface area (Å²) >= 11 is 1.44. The van der Waals surface area contributed by atoms with Crippen LogP contribution in [0.4, 0.5) is 4.39 Å². The van der Waals surface area contributed by atoms with Crippen molar-refractivity contribution in [3.05, 3.63) is 89.9 Å². The Kier molecular flexibility index (Phi) is 5.46. The number of nitrogens with zero attached hydrogens (tertiary/aromatic N) is 1. The van der Waals surface area contributed by atoms with Gasteiger partial charge in [-0.1, -0.05) is 42.1 Å². The fourth-order valence-electron chi connectivity index (χ4n) is 2.38. The standard InChI is InChI=1S/C20H17FN2OS/c1-14(15-7-5-8-16(21)13-15)23-19(24)18-11-6-12-22-20(18)25-17-9-3-2-4-10-17/h2-14H,1H3,(H,23,24). The summed E-state index contributed by atoms with van der Waals surface area (Å²) in [6.45, 7) is 1.83. The second-order valence-corrected chi connectivity index (χ2v) is 6.58. The lowest BCUT2D eigenvalue weighted by atomic mass is 10.1. The Bertz CT molecular complexity index is 870. The second kappa shape index (κ2) is 7.94. The number of pyridine rings is 1. The van der Waals surface area contributed by atoms with Gasteiger partial charge in [0, 0.05) is 11.1 Å². The van der Waals surface area contributed by atoms with Crippen LogP contribution in [0.1, 0.15) is 28.9 Å². The van der Waals surface area contributed by atoms with Crippen LogP contribution in [0.15, 0.2) is 82.8 Å². The molecule has 0 bridgehead atoms. The minimum atomic E-state index is -0.319. The molecule has 1 amide bonds. The number of amides is 1. The van der Waals surface area contributed by atoms with Crippen LogP contribution >= 0.6 is 11.8 Å². The minimum Gasteiger partial charge on any atom is -0.345 e. The Morgan fingerprint density at radius 1 is 1.08 bits per heavy atom. The normalized spacial score (nSPS) is 11.8. The topological polar surface area (TPSA) is 42.0 Å². The maximum Gasteiger partial charge on any atom is 0.254 e. The Labute approximate surface area is 150 Å². The van der Waals surface area contributed by atoms with Gasteiger partial charge in [0.1, 0.15) is 10.8 Å². The third-order valence-electron chi connectivity index (χ3n) is 3.67. The van der Waals surface area contributed by atoms with Crippen molar-refractivity contribution in [2.75, 3.05) is 0 Å². The maximum absolute atomic E-state index is 13.4. The van der Waals surface area contributed by atoms with Crippen LogP contribution in [0.3, 0.4) is 0 Å². The van der Waals surface area contributed by atoms with Crippen molar-refractivity contribution in [2.45, 2.75) is 22.9 Å². The van der Waals surface area contributed by atoms with E-state index >= 15 is 0 Å². The van der Waals surface area contributed by atoms with Gasteiger partial charge in [0.25, 0.3) is 5.91 Å². The summed E-state index contributed by atoms with van der Waals surface area (Å²) < 4.78 is 13.4. The van der Waals surface area contributed by atoms with Crippen LogP contribution in [-0.2, 0) is 0 Å². The summed E-state index contributed by atoms with van der Waals surface area (Å²) in [6, 6.07) is 19.2. The molecule has 3 aromatic rings. The quantitative estimate of drug-likeness (QED) is 0.713. The number of hydrogen-bond donors (Lipinski definition) is 1. The first-order chi connectivity index (χ1) is 12.1. The zero-order valence-electron chi connectivity index (χ0n) is 13.6. The van der Waals surface area contributed by atoms with E-state index in [0.717, 1.165) is 10.5 Å². The highest BCUT2D eigenvalue weighted by Gasteiger charge is 2.16. The minimum absolute atomic E-state index is 0.233. The van der Waals surface area contributed by atoms with Crippen molar-refractivity contribution in [1.29, 1.82) is 0 Å². The predicted molar refractivity (Wildman–Crippen MR) is 97.1 cm³/mol. The molecule has 5 heteroatoms. The number of benzene rings is 2. The number of aromatic nitrogens is 1. The largest absolute Gasteiger partial charge is 0.345 e. The Hall–Kier alpha value is -2.66. The van der Waals surface area contributed by atoms with E-state index in [1.54, 1.807) is 30.5 Å². The van der Waals surface area contributed by atoms with Gasteiger partial charge < -0.3 is 5.32 Å². The monoisotopic (exact) mass is 352 g/mol. The molecule has 0 fully saturated rings. The zero-order chi connectivity index (χ0) is 17.6. The molecule has 0 radical (unpaired) electrons. The van der Waals surface area contributed by atoms with E-state index in [4.69, 9.17) is 0 Å². The van der Waals surface area contributed by atoms with Crippen LogP contribution in [-0.4, -0.2) is 10.9 Å². The number of nitrogens with one attached hydrogen (secondary N) is 1. The average molecular weight is 352 g/mol. The summed E-state index contributed by atoms with van der Waals surface area (Å²) in [7, 11) is 0. The molecule has 0 spiro atoms. The average Bonchev–Trinajstić information content (AvgIpc) is 2.63. The smallest absolute Gasteiger partial charge is 0.254 e. The van der Waals surface area contributed by atoms with Crippen LogP contribution < -0.4 is 5.32 Å². The molecule has 0 saturated heterocycles. The first-order valence-corrected chi connectivity index (χ1v) is 8.69. The third kappa shape index (κ3) is 4.45. The SMILES string of the molecule is CC(NC(=O)c1cccnc1Sc1ccccc1)c1cccc(F)c1. The lowest BCUT2D eigenvalue weighted by Gasteiger charge is -2.15. The molecule has 3 rings (SSSR count). The van der Waals surface area contributed by atoms with Crippen LogP contribution in [0.25, 0.3) is 0 Å². The molecular weight excluding hydrogens is 335 g/mol. The number of halogens is 1. The van der Waals surface area contributed by atoms with Crippen molar-refractivity contribution < 1.29 is 9.18 Å². The number of carbonyl (C=O) groups is 1. The first-order valence-electron chi connectivity index (χ1n) is 7.88. The summed E-state index contributed by atoms with van der Waals surface area (Å²) in [5.41, 5.74) is 1.22. The number of carbonyl (C=O) groups excluding carboxylic acids is 1. The second-order valence-electron chi connectivity index (χ2n) is 5.52. The Morgan fingerprint density at radius 3 is 2.64 bits per heavy atom. The van der Waals surface area contributed by atoms with Gasteiger partial charge in [-0.25, -0.2) is 9.37 Å². The molecule has 3 nitrogen and oxygen atoms in total. The maximum atomic E-state index is 13.4. The summed E-state index contributed by atoms with van der Waals surface area (Å²) in [5, 5.41) is 3.54. The summed E-state index contributed by atoms with van der Waals surface area (Å²) in [6.07, 6.45) is 1.66. The molecule has 1 heterocycles. The van der Waals surface area contributed by atoms with Gasteiger partial charge in [0.05, 0.1) is 11.6 Å². The molecule has 25 heavy (non-hydrogen) atoms. The Morgan fingerprint density at radius 2 is 1.88 bits per heavy atom. The van der Waals surface area contributed by atoms with E-state index < -0.39 is 0 Å². The Balaban J connectivity index is 1.78. The molecular formula is C20H17FN2OS. The predicted octanol–water partition coefficient (Wildman–Crippen LogP) is 4.86. The van der Waals surface area contributed by atoms with Gasteiger partial charge in [0.2, 0.25) is 0 Å². The molecule has 0 saturated carbocycles. The molecule has 1 aromatic heterocycles. The van der Waals surface area contributed by atoms with Gasteiger partial charge in [-0.3, -0.25) is 4.79 Å². The molecule has 0 aliphatic carbocycles. The van der Waals surface area contributed by atoms with Crippen molar-refractivity contribution in [3.8, 4) is 0 Å². The van der Waals surface area contributed by atoms with Gasteiger partial charge >= 0.3 is 0 Å². The number of rotatable bonds is 5. The van der Waals surface area contributed by atoms with Gasteiger partial charge in [0.15, 0.2) is 0 Å².